The maximum absolute atomic E-state index is 12.6. The monoisotopic (exact) mass is 540 g/mol. The number of carbonyl (C=O) groups is 2. The average molecular weight is 541 g/mol. The van der Waals surface area contributed by atoms with Crippen LogP contribution in [0.5, 0.6) is 0 Å². The highest BCUT2D eigenvalue weighted by Gasteiger charge is 2.35. The molecule has 2 amide bonds. The zero-order chi connectivity index (χ0) is 26.7. The Kier molecular flexibility index (Phi) is 7.73. The van der Waals surface area contributed by atoms with Gasteiger partial charge >= 0.3 is 5.13 Å². The summed E-state index contributed by atoms with van der Waals surface area (Å²) in [5.74, 6) is -0.485. The Labute approximate surface area is 218 Å². The van der Waals surface area contributed by atoms with Gasteiger partial charge in [0.05, 0.1) is 16.2 Å². The summed E-state index contributed by atoms with van der Waals surface area (Å²) in [7, 11) is -4.94. The van der Waals surface area contributed by atoms with E-state index in [1.54, 1.807) is 24.3 Å². The highest BCUT2D eigenvalue weighted by Crippen LogP contribution is 2.24. The van der Waals surface area contributed by atoms with E-state index in [0.717, 1.165) is 27.1 Å². The number of halogens is 1. The third kappa shape index (κ3) is 6.23. The number of aryl methyl sites for hydroxylation is 2. The molecule has 3 heterocycles. The van der Waals surface area contributed by atoms with E-state index >= 15 is 0 Å². The van der Waals surface area contributed by atoms with E-state index < -0.39 is 10.2 Å². The first-order valence-electron chi connectivity index (χ1n) is 11.0. The fraction of sp³-hybridized carbons (Fsp3) is 0.160. The van der Waals surface area contributed by atoms with Gasteiger partial charge in [0.25, 0.3) is 11.8 Å². The maximum Gasteiger partial charge on any atom is 0.415 e. The fourth-order valence-corrected chi connectivity index (χ4v) is 5.03. The summed E-state index contributed by atoms with van der Waals surface area (Å²) in [5.41, 5.74) is 5.39. The van der Waals surface area contributed by atoms with Crippen LogP contribution in [-0.2, 0) is 6.42 Å². The van der Waals surface area contributed by atoms with E-state index in [1.165, 1.54) is 21.8 Å². The minimum atomic E-state index is -4.94. The van der Waals surface area contributed by atoms with E-state index in [1.807, 2.05) is 18.2 Å². The van der Waals surface area contributed by atoms with Crippen LogP contribution in [0.25, 0.3) is 16.3 Å². The summed E-state index contributed by atoms with van der Waals surface area (Å²) in [5, 5.41) is 10.3. The van der Waals surface area contributed by atoms with E-state index in [0.29, 0.717) is 17.5 Å². The molecule has 0 N–H and O–H groups in total. The molecule has 0 aliphatic carbocycles. The zero-order valence-corrected chi connectivity index (χ0v) is 21.4. The summed E-state index contributed by atoms with van der Waals surface area (Å²) in [4.78, 5) is 26.4. The fourth-order valence-electron chi connectivity index (χ4n) is 4.08. The van der Waals surface area contributed by atoms with Gasteiger partial charge in [-0.2, -0.15) is 4.57 Å². The van der Waals surface area contributed by atoms with Crippen LogP contribution in [0.15, 0.2) is 66.7 Å². The molecule has 0 saturated carbocycles. The molecule has 0 radical (unpaired) electrons. The molecule has 5 rings (SSSR count). The second-order valence-electron chi connectivity index (χ2n) is 8.14. The van der Waals surface area contributed by atoms with Crippen molar-refractivity contribution in [2.75, 3.05) is 6.54 Å². The Hall–Kier alpha value is -3.58. The SMILES string of the molecule is Cc1cc(-c2ccccc2)cc(C)[n+]1-c1nnc(CCN2C(=O)c3ccccc3C2=O)s1.[O-][Cl+3]([O-])([O-])[O-]. The number of amides is 2. The van der Waals surface area contributed by atoms with Gasteiger partial charge in [-0.25, -0.2) is 18.6 Å². The molecule has 2 aromatic carbocycles. The van der Waals surface area contributed by atoms with Crippen LogP contribution in [0.3, 0.4) is 0 Å². The van der Waals surface area contributed by atoms with Crippen molar-refractivity contribution in [3.63, 3.8) is 0 Å². The molecule has 1 aliphatic heterocycles. The smallest absolute Gasteiger partial charge is 0.274 e. The normalized spacial score (nSPS) is 12.9. The summed E-state index contributed by atoms with van der Waals surface area (Å²) >= 11 is 1.48. The lowest BCUT2D eigenvalue weighted by Crippen LogP contribution is -2.68. The van der Waals surface area contributed by atoms with Crippen molar-refractivity contribution in [2.45, 2.75) is 20.3 Å². The number of carbonyl (C=O) groups excluding carboxylic acids is 2. The quantitative estimate of drug-likeness (QED) is 0.234. The van der Waals surface area contributed by atoms with Crippen LogP contribution in [0.1, 0.15) is 37.1 Å². The van der Waals surface area contributed by atoms with Crippen LogP contribution in [-0.4, -0.2) is 33.5 Å². The molecule has 1 aliphatic rings. The molecule has 0 bridgehead atoms. The van der Waals surface area contributed by atoms with Crippen molar-refractivity contribution in [3.8, 4) is 16.3 Å². The van der Waals surface area contributed by atoms with Crippen LogP contribution in [0.4, 0.5) is 0 Å². The lowest BCUT2D eigenvalue weighted by atomic mass is 10.0. The molecular weight excluding hydrogens is 520 g/mol. The number of benzene rings is 2. The lowest BCUT2D eigenvalue weighted by molar-refractivity contribution is -2.00. The number of nitrogens with zero attached hydrogens (tertiary/aromatic N) is 4. The van der Waals surface area contributed by atoms with E-state index in [4.69, 9.17) is 18.6 Å². The number of imide groups is 1. The van der Waals surface area contributed by atoms with Gasteiger partial charge in [-0.1, -0.05) is 42.5 Å². The number of hydrogen-bond donors (Lipinski definition) is 0. The summed E-state index contributed by atoms with van der Waals surface area (Å²) < 4.78 is 36.1. The molecule has 0 unspecified atom stereocenters. The van der Waals surface area contributed by atoms with Gasteiger partial charge in [0.15, 0.2) is 5.01 Å². The minimum Gasteiger partial charge on any atom is -0.274 e. The number of pyridine rings is 1. The Balaban J connectivity index is 0.000000586. The van der Waals surface area contributed by atoms with Crippen molar-refractivity contribution < 1.29 is 43.0 Å². The molecule has 10 nitrogen and oxygen atoms in total. The standard InChI is InChI=1S/C25H21N4O2S.ClHO4/c1-16-14-19(18-8-4-3-5-9-18)15-17(2)29(16)25-27-26-22(32-25)12-13-28-23(30)20-10-6-7-11-21(20)24(28)31;2-1(3,4)5/h3-11,14-15H,12-13H2,1-2H3;(H,2,3,4,5)/q+1;/p-1. The predicted octanol–water partition coefficient (Wildman–Crippen LogP) is -0.819. The molecule has 0 saturated heterocycles. The first kappa shape index (κ1) is 26.5. The molecule has 0 spiro atoms. The van der Waals surface area contributed by atoms with Gasteiger partial charge in [0, 0.05) is 13.0 Å². The second-order valence-corrected chi connectivity index (χ2v) is 9.94. The molecule has 0 atom stereocenters. The van der Waals surface area contributed by atoms with Crippen molar-refractivity contribution in [2.24, 2.45) is 0 Å². The summed E-state index contributed by atoms with van der Waals surface area (Å²) in [6.45, 7) is 4.40. The molecule has 0 fully saturated rings. The maximum atomic E-state index is 12.6. The van der Waals surface area contributed by atoms with Crippen LogP contribution < -0.4 is 23.2 Å². The Morgan fingerprint density at radius 2 is 1.32 bits per heavy atom. The van der Waals surface area contributed by atoms with Gasteiger partial charge in [-0.15, -0.1) is 10.2 Å². The third-order valence-electron chi connectivity index (χ3n) is 5.62. The second kappa shape index (κ2) is 10.8. The lowest BCUT2D eigenvalue weighted by Gasteiger charge is -2.17. The molecule has 190 valence electrons. The van der Waals surface area contributed by atoms with Crippen LogP contribution >= 0.6 is 11.3 Å². The Morgan fingerprint density at radius 1 is 0.811 bits per heavy atom. The molecule has 2 aromatic heterocycles. The van der Waals surface area contributed by atoms with Crippen molar-refractivity contribution in [1.29, 1.82) is 0 Å². The highest BCUT2D eigenvalue weighted by molar-refractivity contribution is 7.13. The first-order valence-corrected chi connectivity index (χ1v) is 13.1. The Bertz CT molecular complexity index is 1390. The number of fused-ring (bicyclic) bond motifs is 1. The van der Waals surface area contributed by atoms with E-state index in [-0.39, 0.29) is 18.4 Å². The van der Waals surface area contributed by atoms with E-state index in [9.17, 15) is 9.59 Å². The third-order valence-corrected chi connectivity index (χ3v) is 6.58. The predicted molar refractivity (Wildman–Crippen MR) is 122 cm³/mol. The molecule has 12 heteroatoms. The number of aromatic nitrogens is 3. The van der Waals surface area contributed by atoms with Crippen molar-refractivity contribution >= 4 is 23.2 Å². The minimum absolute atomic E-state index is 0.243. The highest BCUT2D eigenvalue weighted by atomic mass is 35.7. The molecular formula is C25H21ClN4O6S. The van der Waals surface area contributed by atoms with E-state index in [2.05, 4.69) is 52.9 Å². The van der Waals surface area contributed by atoms with Crippen LogP contribution in [0.2, 0.25) is 0 Å². The summed E-state index contributed by atoms with van der Waals surface area (Å²) in [6.07, 6.45) is 0.476. The number of hydrogen-bond acceptors (Lipinski definition) is 9. The average Bonchev–Trinajstić information content (AvgIpc) is 3.40. The Morgan fingerprint density at radius 3 is 1.86 bits per heavy atom. The van der Waals surface area contributed by atoms with Crippen molar-refractivity contribution in [1.82, 2.24) is 15.1 Å². The van der Waals surface area contributed by atoms with Gasteiger partial charge < -0.3 is 0 Å². The first-order chi connectivity index (χ1) is 17.5. The van der Waals surface area contributed by atoms with Gasteiger partial charge in [0.1, 0.15) is 11.4 Å². The topological polar surface area (TPSA) is 159 Å². The largest absolute Gasteiger partial charge is 0.415 e. The summed E-state index contributed by atoms with van der Waals surface area (Å²) in [6, 6.07) is 21.5. The van der Waals surface area contributed by atoms with Crippen molar-refractivity contribution in [3.05, 3.63) is 94.3 Å². The number of rotatable bonds is 5. The molecule has 37 heavy (non-hydrogen) atoms. The van der Waals surface area contributed by atoms with Crippen LogP contribution in [0, 0.1) is 24.1 Å². The molecule has 4 aromatic rings. The van der Waals surface area contributed by atoms with Gasteiger partial charge in [-0.3, -0.25) is 14.5 Å². The van der Waals surface area contributed by atoms with Gasteiger partial charge in [-0.05, 0) is 65.7 Å². The van der Waals surface area contributed by atoms with Gasteiger partial charge in [0.2, 0.25) is 0 Å². The zero-order valence-electron chi connectivity index (χ0n) is 19.8.